The largest absolute Gasteiger partial charge is 0.350 e. The Morgan fingerprint density at radius 3 is 2.33 bits per heavy atom. The van der Waals surface area contributed by atoms with Crippen LogP contribution in [-0.4, -0.2) is 54.4 Å². The van der Waals surface area contributed by atoms with Gasteiger partial charge in [-0.2, -0.15) is 0 Å². The zero-order valence-electron chi connectivity index (χ0n) is 21.1. The van der Waals surface area contributed by atoms with Crippen molar-refractivity contribution < 1.29 is 22.9 Å². The summed E-state index contributed by atoms with van der Waals surface area (Å²) in [5.74, 6) is -1.09. The zero-order valence-corrected chi connectivity index (χ0v) is 22.7. The number of carbonyl (C=O) groups is 2. The Balaban J connectivity index is 2.50. The van der Waals surface area contributed by atoms with Crippen molar-refractivity contribution in [2.24, 2.45) is 0 Å². The number of nitro benzene ring substituents is 1. The van der Waals surface area contributed by atoms with Crippen LogP contribution in [0.2, 0.25) is 5.02 Å². The lowest BCUT2D eigenvalue weighted by Crippen LogP contribution is -2.54. The Morgan fingerprint density at radius 1 is 1.17 bits per heavy atom. The lowest BCUT2D eigenvalue weighted by atomic mass is 10.1. The van der Waals surface area contributed by atoms with Crippen molar-refractivity contribution in [1.82, 2.24) is 10.2 Å². The topological polar surface area (TPSA) is 130 Å². The molecular formula is C24H31ClN4O6S. The number of sulfonamides is 1. The van der Waals surface area contributed by atoms with Crippen molar-refractivity contribution in [1.29, 1.82) is 0 Å². The Labute approximate surface area is 216 Å². The third kappa shape index (κ3) is 7.92. The summed E-state index contributed by atoms with van der Waals surface area (Å²) in [6.45, 7) is 7.88. The van der Waals surface area contributed by atoms with Crippen molar-refractivity contribution in [3.05, 3.63) is 68.7 Å². The van der Waals surface area contributed by atoms with E-state index in [-0.39, 0.29) is 17.9 Å². The van der Waals surface area contributed by atoms with Gasteiger partial charge in [0, 0.05) is 29.2 Å². The average Bonchev–Trinajstić information content (AvgIpc) is 2.73. The van der Waals surface area contributed by atoms with Crippen LogP contribution < -0.4 is 9.62 Å². The fourth-order valence-corrected chi connectivity index (χ4v) is 4.58. The first-order chi connectivity index (χ1) is 16.5. The number of nitro groups is 1. The third-order valence-corrected chi connectivity index (χ3v) is 6.62. The van der Waals surface area contributed by atoms with Gasteiger partial charge in [0.05, 0.1) is 16.9 Å². The lowest BCUT2D eigenvalue weighted by Gasteiger charge is -2.33. The molecule has 0 radical (unpaired) electrons. The summed E-state index contributed by atoms with van der Waals surface area (Å²) >= 11 is 6.09. The number of benzene rings is 2. The molecule has 0 saturated carbocycles. The molecule has 0 aliphatic heterocycles. The molecule has 0 fully saturated rings. The van der Waals surface area contributed by atoms with Crippen molar-refractivity contribution >= 4 is 44.8 Å². The van der Waals surface area contributed by atoms with Gasteiger partial charge in [0.15, 0.2) is 0 Å². The SMILES string of the molecule is Cc1ccc([N+](=O)[O-])cc1N(CC(=O)N(Cc1cccc(Cl)c1)C(C)C(=O)NC(C)(C)C)S(C)(=O)=O. The van der Waals surface area contributed by atoms with E-state index < -0.39 is 44.9 Å². The number of rotatable bonds is 9. The van der Waals surface area contributed by atoms with Gasteiger partial charge in [-0.1, -0.05) is 29.8 Å². The van der Waals surface area contributed by atoms with Gasteiger partial charge < -0.3 is 10.2 Å². The predicted octanol–water partition coefficient (Wildman–Crippen LogP) is 3.65. The van der Waals surface area contributed by atoms with Gasteiger partial charge in [-0.25, -0.2) is 8.42 Å². The molecule has 2 aromatic rings. The highest BCUT2D eigenvalue weighted by Crippen LogP contribution is 2.28. The Bertz CT molecular complexity index is 1260. The number of hydrogen-bond acceptors (Lipinski definition) is 6. The molecule has 2 amide bonds. The highest BCUT2D eigenvalue weighted by molar-refractivity contribution is 7.92. The molecule has 0 spiro atoms. The van der Waals surface area contributed by atoms with Crippen molar-refractivity contribution in [2.45, 2.75) is 52.7 Å². The molecule has 12 heteroatoms. The normalized spacial score (nSPS) is 12.5. The molecule has 0 bridgehead atoms. The molecule has 36 heavy (non-hydrogen) atoms. The summed E-state index contributed by atoms with van der Waals surface area (Å²) in [4.78, 5) is 38.4. The monoisotopic (exact) mass is 538 g/mol. The summed E-state index contributed by atoms with van der Waals surface area (Å²) in [5, 5.41) is 14.6. The molecule has 10 nitrogen and oxygen atoms in total. The minimum absolute atomic E-state index is 0.00884. The molecular weight excluding hydrogens is 508 g/mol. The van der Waals surface area contributed by atoms with E-state index in [4.69, 9.17) is 11.6 Å². The van der Waals surface area contributed by atoms with Gasteiger partial charge in [0.25, 0.3) is 5.69 Å². The number of carbonyl (C=O) groups excluding carboxylic acids is 2. The van der Waals surface area contributed by atoms with Gasteiger partial charge in [0.2, 0.25) is 21.8 Å². The summed E-state index contributed by atoms with van der Waals surface area (Å²) in [6.07, 6.45) is 0.912. The van der Waals surface area contributed by atoms with Crippen LogP contribution in [0.15, 0.2) is 42.5 Å². The van der Waals surface area contributed by atoms with E-state index >= 15 is 0 Å². The van der Waals surface area contributed by atoms with E-state index in [1.807, 2.05) is 0 Å². The van der Waals surface area contributed by atoms with E-state index in [0.29, 0.717) is 16.1 Å². The zero-order chi connectivity index (χ0) is 27.4. The van der Waals surface area contributed by atoms with Crippen LogP contribution in [0.3, 0.4) is 0 Å². The summed E-state index contributed by atoms with van der Waals surface area (Å²) in [5.41, 5.74) is 0.206. The molecule has 196 valence electrons. The molecule has 2 rings (SSSR count). The van der Waals surface area contributed by atoms with Gasteiger partial charge in [-0.3, -0.25) is 24.0 Å². The maximum atomic E-state index is 13.6. The first kappa shape index (κ1) is 29.1. The lowest BCUT2D eigenvalue weighted by molar-refractivity contribution is -0.384. The van der Waals surface area contributed by atoms with Crippen LogP contribution in [0, 0.1) is 17.0 Å². The number of nitrogens with one attached hydrogen (secondary N) is 1. The number of halogens is 1. The molecule has 0 aromatic heterocycles. The quantitative estimate of drug-likeness (QED) is 0.383. The fraction of sp³-hybridized carbons (Fsp3) is 0.417. The van der Waals surface area contributed by atoms with Crippen LogP contribution in [0.25, 0.3) is 0 Å². The number of non-ortho nitro benzene ring substituents is 1. The first-order valence-electron chi connectivity index (χ1n) is 11.1. The summed E-state index contributed by atoms with van der Waals surface area (Å²) in [7, 11) is -4.02. The second-order valence-corrected chi connectivity index (χ2v) is 11.9. The minimum atomic E-state index is -4.02. The number of amides is 2. The maximum Gasteiger partial charge on any atom is 0.271 e. The number of aryl methyl sites for hydroxylation is 1. The van der Waals surface area contributed by atoms with E-state index in [0.717, 1.165) is 16.6 Å². The van der Waals surface area contributed by atoms with E-state index in [1.165, 1.54) is 17.0 Å². The average molecular weight is 539 g/mol. The Hall–Kier alpha value is -3.18. The predicted molar refractivity (Wildman–Crippen MR) is 139 cm³/mol. The molecule has 0 aliphatic carbocycles. The molecule has 1 atom stereocenters. The van der Waals surface area contributed by atoms with Crippen LogP contribution in [-0.2, 0) is 26.2 Å². The second-order valence-electron chi connectivity index (χ2n) is 9.56. The van der Waals surface area contributed by atoms with Crippen LogP contribution in [0.4, 0.5) is 11.4 Å². The molecule has 1 unspecified atom stereocenters. The van der Waals surface area contributed by atoms with Crippen LogP contribution >= 0.6 is 11.6 Å². The van der Waals surface area contributed by atoms with Crippen molar-refractivity contribution in [2.75, 3.05) is 17.1 Å². The van der Waals surface area contributed by atoms with E-state index in [9.17, 15) is 28.1 Å². The summed E-state index contributed by atoms with van der Waals surface area (Å²) in [6, 6.07) is 9.59. The van der Waals surface area contributed by atoms with Gasteiger partial charge in [-0.15, -0.1) is 0 Å². The van der Waals surface area contributed by atoms with Crippen LogP contribution in [0.5, 0.6) is 0 Å². The standard InChI is InChI=1S/C24H31ClN4O6S/c1-16-10-11-20(29(32)33)13-21(16)28(36(6,34)35)15-22(30)27(14-18-8-7-9-19(25)12-18)17(2)23(31)26-24(3,4)5/h7-13,17H,14-15H2,1-6H3,(H,26,31). The molecule has 0 saturated heterocycles. The molecule has 0 heterocycles. The molecule has 0 aliphatic rings. The highest BCUT2D eigenvalue weighted by Gasteiger charge is 2.32. The second kappa shape index (κ2) is 11.3. The third-order valence-electron chi connectivity index (χ3n) is 5.26. The van der Waals surface area contributed by atoms with E-state index in [1.54, 1.807) is 58.9 Å². The summed E-state index contributed by atoms with van der Waals surface area (Å²) < 4.78 is 26.2. The number of hydrogen-bond donors (Lipinski definition) is 1. The number of nitrogens with zero attached hydrogens (tertiary/aromatic N) is 3. The van der Waals surface area contributed by atoms with Gasteiger partial charge in [0.1, 0.15) is 12.6 Å². The van der Waals surface area contributed by atoms with Gasteiger partial charge >= 0.3 is 0 Å². The molecule has 1 N–H and O–H groups in total. The Morgan fingerprint density at radius 2 is 1.81 bits per heavy atom. The minimum Gasteiger partial charge on any atom is -0.350 e. The maximum absolute atomic E-state index is 13.6. The smallest absolute Gasteiger partial charge is 0.271 e. The number of anilines is 1. The fourth-order valence-electron chi connectivity index (χ4n) is 3.46. The van der Waals surface area contributed by atoms with Crippen molar-refractivity contribution in [3.63, 3.8) is 0 Å². The first-order valence-corrected chi connectivity index (χ1v) is 13.3. The van der Waals surface area contributed by atoms with Gasteiger partial charge in [-0.05, 0) is 57.9 Å². The van der Waals surface area contributed by atoms with Crippen molar-refractivity contribution in [3.8, 4) is 0 Å². The van der Waals surface area contributed by atoms with Crippen LogP contribution in [0.1, 0.15) is 38.8 Å². The Kier molecular flexibility index (Phi) is 9.08. The van der Waals surface area contributed by atoms with E-state index in [2.05, 4.69) is 5.32 Å². The molecule has 2 aromatic carbocycles. The highest BCUT2D eigenvalue weighted by atomic mass is 35.5.